The van der Waals surface area contributed by atoms with Crippen LogP contribution in [0.4, 0.5) is 5.69 Å². The van der Waals surface area contributed by atoms with Crippen molar-refractivity contribution in [2.24, 2.45) is 0 Å². The van der Waals surface area contributed by atoms with Gasteiger partial charge < -0.3 is 15.6 Å². The van der Waals surface area contributed by atoms with Crippen molar-refractivity contribution in [3.63, 3.8) is 0 Å². The Morgan fingerprint density at radius 1 is 1.19 bits per heavy atom. The van der Waals surface area contributed by atoms with E-state index < -0.39 is 0 Å². The first-order valence-electron chi connectivity index (χ1n) is 8.30. The molecule has 4 nitrogen and oxygen atoms in total. The summed E-state index contributed by atoms with van der Waals surface area (Å²) in [4.78, 5) is 16.5. The molecule has 2 aromatic carbocycles. The zero-order valence-electron chi connectivity index (χ0n) is 14.4. The Labute approximate surface area is 161 Å². The fourth-order valence-corrected chi connectivity index (χ4v) is 4.20. The van der Waals surface area contributed by atoms with Crippen molar-refractivity contribution in [3.05, 3.63) is 69.2 Å². The van der Waals surface area contributed by atoms with Crippen molar-refractivity contribution in [2.75, 3.05) is 5.32 Å². The lowest BCUT2D eigenvalue weighted by atomic mass is 10.1. The number of para-hydroxylation sites is 1. The Morgan fingerprint density at radius 3 is 2.85 bits per heavy atom. The van der Waals surface area contributed by atoms with E-state index in [1.165, 1.54) is 11.8 Å². The average Bonchev–Trinajstić information content (AvgIpc) is 3.11. The molecule has 0 spiro atoms. The standard InChI is InChI=1S/C20H18ClN3OS/c1-11-7-8-13(21)9-17(11)23-20-24-19(25)18(26-20)10-15-12(2)22-16-6-4-3-5-14(15)16/h3-10,20,22-23H,1-2H3,(H,24,25)/b18-10-. The quantitative estimate of drug-likeness (QED) is 0.555. The number of hydrogen-bond donors (Lipinski definition) is 3. The van der Waals surface area contributed by atoms with Gasteiger partial charge in [0.15, 0.2) is 5.50 Å². The molecule has 6 heteroatoms. The Morgan fingerprint density at radius 2 is 2.00 bits per heavy atom. The van der Waals surface area contributed by atoms with E-state index >= 15 is 0 Å². The SMILES string of the molecule is Cc1ccc(Cl)cc1NC1NC(=O)/C(=C/c2c(C)[nH]c3ccccc23)S1. The highest BCUT2D eigenvalue weighted by Gasteiger charge is 2.28. The summed E-state index contributed by atoms with van der Waals surface area (Å²) in [5, 5.41) is 8.09. The number of carbonyl (C=O) groups is 1. The molecule has 3 N–H and O–H groups in total. The van der Waals surface area contributed by atoms with Gasteiger partial charge >= 0.3 is 0 Å². The second kappa shape index (κ2) is 6.74. The molecule has 26 heavy (non-hydrogen) atoms. The summed E-state index contributed by atoms with van der Waals surface area (Å²) in [5.74, 6) is -0.0723. The van der Waals surface area contributed by atoms with E-state index in [4.69, 9.17) is 11.6 Å². The van der Waals surface area contributed by atoms with E-state index in [9.17, 15) is 4.79 Å². The maximum absolute atomic E-state index is 12.4. The molecular formula is C20H18ClN3OS. The summed E-state index contributed by atoms with van der Waals surface area (Å²) in [6.07, 6.45) is 1.96. The number of carbonyl (C=O) groups excluding carboxylic acids is 1. The number of fused-ring (bicyclic) bond motifs is 1. The van der Waals surface area contributed by atoms with Crippen LogP contribution in [0.1, 0.15) is 16.8 Å². The zero-order valence-corrected chi connectivity index (χ0v) is 16.0. The number of benzene rings is 2. The minimum Gasteiger partial charge on any atom is -0.358 e. The largest absolute Gasteiger partial charge is 0.358 e. The van der Waals surface area contributed by atoms with Crippen LogP contribution >= 0.6 is 23.4 Å². The lowest BCUT2D eigenvalue weighted by Gasteiger charge is -2.15. The minimum absolute atomic E-state index is 0.0723. The number of H-pyrrole nitrogens is 1. The third-order valence-corrected chi connectivity index (χ3v) is 5.70. The molecule has 3 aromatic rings. The Balaban J connectivity index is 1.60. The second-order valence-electron chi connectivity index (χ2n) is 6.29. The highest BCUT2D eigenvalue weighted by Crippen LogP contribution is 2.33. The molecule has 1 fully saturated rings. The van der Waals surface area contributed by atoms with Crippen molar-refractivity contribution < 1.29 is 4.79 Å². The van der Waals surface area contributed by atoms with Crippen LogP contribution in [0.2, 0.25) is 5.02 Å². The number of aromatic amines is 1. The summed E-state index contributed by atoms with van der Waals surface area (Å²) in [6.45, 7) is 4.03. The predicted octanol–water partition coefficient (Wildman–Crippen LogP) is 5.04. The molecule has 0 aliphatic carbocycles. The molecule has 1 aliphatic rings. The number of amides is 1. The Hall–Kier alpha value is -2.37. The number of rotatable bonds is 3. The summed E-state index contributed by atoms with van der Waals surface area (Å²) >= 11 is 7.55. The third kappa shape index (κ3) is 3.20. The van der Waals surface area contributed by atoms with E-state index in [2.05, 4.69) is 21.7 Å². The number of hydrogen-bond acceptors (Lipinski definition) is 3. The van der Waals surface area contributed by atoms with Crippen LogP contribution in [0, 0.1) is 13.8 Å². The summed E-state index contributed by atoms with van der Waals surface area (Å²) in [5.41, 5.74) is 4.95. The molecular weight excluding hydrogens is 366 g/mol. The van der Waals surface area contributed by atoms with Crippen molar-refractivity contribution >= 4 is 51.9 Å². The normalized spacial score (nSPS) is 18.5. The smallest absolute Gasteiger partial charge is 0.260 e. The van der Waals surface area contributed by atoms with Gasteiger partial charge in [0.1, 0.15) is 0 Å². The lowest BCUT2D eigenvalue weighted by molar-refractivity contribution is -0.116. The number of halogens is 1. The van der Waals surface area contributed by atoms with Gasteiger partial charge in [0.25, 0.3) is 5.91 Å². The van der Waals surface area contributed by atoms with Crippen LogP contribution in [-0.4, -0.2) is 16.4 Å². The first kappa shape index (κ1) is 17.1. The number of aryl methyl sites for hydroxylation is 2. The van der Waals surface area contributed by atoms with Crippen molar-refractivity contribution in [1.29, 1.82) is 0 Å². The van der Waals surface area contributed by atoms with Crippen LogP contribution in [0.5, 0.6) is 0 Å². The van der Waals surface area contributed by atoms with Gasteiger partial charge in [-0.3, -0.25) is 4.79 Å². The third-order valence-electron chi connectivity index (χ3n) is 4.44. The average molecular weight is 384 g/mol. The van der Waals surface area contributed by atoms with Crippen molar-refractivity contribution in [2.45, 2.75) is 19.3 Å². The second-order valence-corrected chi connectivity index (χ2v) is 7.88. The molecule has 1 aliphatic heterocycles. The molecule has 4 rings (SSSR count). The van der Waals surface area contributed by atoms with Crippen LogP contribution in [0.15, 0.2) is 47.4 Å². The predicted molar refractivity (Wildman–Crippen MR) is 110 cm³/mol. The summed E-state index contributed by atoms with van der Waals surface area (Å²) < 4.78 is 0. The molecule has 1 saturated heterocycles. The molecule has 1 aromatic heterocycles. The topological polar surface area (TPSA) is 56.9 Å². The molecule has 1 unspecified atom stereocenters. The van der Waals surface area contributed by atoms with E-state index in [1.807, 2.05) is 56.3 Å². The van der Waals surface area contributed by atoms with Crippen LogP contribution in [-0.2, 0) is 4.79 Å². The van der Waals surface area contributed by atoms with Crippen LogP contribution in [0.3, 0.4) is 0 Å². The maximum atomic E-state index is 12.4. The van der Waals surface area contributed by atoms with E-state index in [1.54, 1.807) is 0 Å². The fraction of sp³-hybridized carbons (Fsp3) is 0.150. The van der Waals surface area contributed by atoms with Crippen LogP contribution < -0.4 is 10.6 Å². The lowest BCUT2D eigenvalue weighted by Crippen LogP contribution is -2.31. The van der Waals surface area contributed by atoms with Crippen LogP contribution in [0.25, 0.3) is 17.0 Å². The van der Waals surface area contributed by atoms with Crippen molar-refractivity contribution in [3.8, 4) is 0 Å². The van der Waals surface area contributed by atoms with Gasteiger partial charge in [-0.15, -0.1) is 0 Å². The van der Waals surface area contributed by atoms with Gasteiger partial charge in [0.2, 0.25) is 0 Å². The van der Waals surface area contributed by atoms with Gasteiger partial charge in [-0.1, -0.05) is 47.6 Å². The highest BCUT2D eigenvalue weighted by atomic mass is 35.5. The number of aromatic nitrogens is 1. The van der Waals surface area contributed by atoms with E-state index in [0.717, 1.165) is 33.4 Å². The molecule has 2 heterocycles. The Kier molecular flexibility index (Phi) is 4.42. The fourth-order valence-electron chi connectivity index (χ4n) is 3.07. The number of anilines is 1. The summed E-state index contributed by atoms with van der Waals surface area (Å²) in [6, 6.07) is 13.8. The first-order chi connectivity index (χ1) is 12.5. The summed E-state index contributed by atoms with van der Waals surface area (Å²) in [7, 11) is 0. The highest BCUT2D eigenvalue weighted by molar-refractivity contribution is 8.05. The van der Waals surface area contributed by atoms with Gasteiger partial charge in [-0.2, -0.15) is 0 Å². The minimum atomic E-state index is -0.226. The first-order valence-corrected chi connectivity index (χ1v) is 9.56. The Bertz CT molecular complexity index is 1040. The zero-order chi connectivity index (χ0) is 18.3. The van der Waals surface area contributed by atoms with Crippen molar-refractivity contribution in [1.82, 2.24) is 10.3 Å². The molecule has 0 saturated carbocycles. The number of nitrogens with one attached hydrogen (secondary N) is 3. The van der Waals surface area contributed by atoms with E-state index in [-0.39, 0.29) is 11.4 Å². The van der Waals surface area contributed by atoms with Gasteiger partial charge in [-0.05, 0) is 43.7 Å². The van der Waals surface area contributed by atoms with Gasteiger partial charge in [0.05, 0.1) is 4.91 Å². The molecule has 132 valence electrons. The molecule has 1 atom stereocenters. The maximum Gasteiger partial charge on any atom is 0.260 e. The van der Waals surface area contributed by atoms with Gasteiger partial charge in [0, 0.05) is 32.9 Å². The van der Waals surface area contributed by atoms with E-state index in [0.29, 0.717) is 9.93 Å². The monoisotopic (exact) mass is 383 g/mol. The molecule has 0 bridgehead atoms. The molecule has 0 radical (unpaired) electrons. The van der Waals surface area contributed by atoms with Gasteiger partial charge in [-0.25, -0.2) is 0 Å². The number of thioether (sulfide) groups is 1. The molecule has 1 amide bonds.